The van der Waals surface area contributed by atoms with Crippen molar-refractivity contribution in [2.24, 2.45) is 0 Å². The molecule has 184 valence electrons. The molecule has 0 bridgehead atoms. The van der Waals surface area contributed by atoms with Crippen LogP contribution in [0.3, 0.4) is 0 Å². The van der Waals surface area contributed by atoms with Crippen LogP contribution in [0.1, 0.15) is 80.8 Å². The lowest BCUT2D eigenvalue weighted by atomic mass is 9.97. The predicted octanol–water partition coefficient (Wildman–Crippen LogP) is 5.37. The molecule has 0 atom stereocenters. The number of carbonyl (C=O) groups is 1. The van der Waals surface area contributed by atoms with Crippen molar-refractivity contribution in [3.05, 3.63) is 35.5 Å². The van der Waals surface area contributed by atoms with Crippen LogP contribution in [-0.4, -0.2) is 58.5 Å². The summed E-state index contributed by atoms with van der Waals surface area (Å²) in [7, 11) is 2.12. The number of hydrogen-bond acceptors (Lipinski definition) is 6. The fourth-order valence-electron chi connectivity index (χ4n) is 4.84. The van der Waals surface area contributed by atoms with Crippen LogP contribution < -0.4 is 9.47 Å². The number of ether oxygens (including phenoxy) is 2. The highest BCUT2D eigenvalue weighted by molar-refractivity contribution is 5.93. The van der Waals surface area contributed by atoms with E-state index in [1.807, 2.05) is 12.1 Å². The number of nitrogens with zero attached hydrogens (tertiary/aromatic N) is 3. The Kier molecular flexibility index (Phi) is 8.38. The molecule has 1 aromatic heterocycles. The lowest BCUT2D eigenvalue weighted by molar-refractivity contribution is 0.0686. The average Bonchev–Trinajstić information content (AvgIpc) is 2.85. The minimum atomic E-state index is -0.979. The number of likely N-dealkylation sites (tertiary alicyclic amines) is 1. The summed E-state index contributed by atoms with van der Waals surface area (Å²) in [4.78, 5) is 14.4. The SMILES string of the molecule is CCCCc1nnc(OC2CCN(C)CC2)cc1-c1ccc(OC2CCCCC2)c(C(=O)O)c1. The van der Waals surface area contributed by atoms with E-state index in [9.17, 15) is 9.90 Å². The highest BCUT2D eigenvalue weighted by Crippen LogP contribution is 2.33. The second kappa shape index (κ2) is 11.6. The summed E-state index contributed by atoms with van der Waals surface area (Å²) in [6, 6.07) is 7.39. The first-order chi connectivity index (χ1) is 16.5. The maximum atomic E-state index is 12.1. The van der Waals surface area contributed by atoms with E-state index >= 15 is 0 Å². The first-order valence-electron chi connectivity index (χ1n) is 12.8. The first kappa shape index (κ1) is 24.5. The van der Waals surface area contributed by atoms with Crippen LogP contribution in [0.2, 0.25) is 0 Å². The molecule has 0 spiro atoms. The van der Waals surface area contributed by atoms with Crippen molar-refractivity contribution in [3.63, 3.8) is 0 Å². The molecular formula is C27H37N3O4. The monoisotopic (exact) mass is 467 g/mol. The smallest absolute Gasteiger partial charge is 0.339 e. The summed E-state index contributed by atoms with van der Waals surface area (Å²) in [5, 5.41) is 18.8. The zero-order chi connectivity index (χ0) is 23.9. The van der Waals surface area contributed by atoms with E-state index in [0.29, 0.717) is 11.6 Å². The molecule has 1 aliphatic heterocycles. The van der Waals surface area contributed by atoms with Gasteiger partial charge in [-0.15, -0.1) is 5.10 Å². The van der Waals surface area contributed by atoms with Gasteiger partial charge in [0, 0.05) is 24.7 Å². The Hall–Kier alpha value is -2.67. The van der Waals surface area contributed by atoms with Gasteiger partial charge in [0.2, 0.25) is 5.88 Å². The fourth-order valence-corrected chi connectivity index (χ4v) is 4.84. The van der Waals surface area contributed by atoms with Crippen LogP contribution in [-0.2, 0) is 6.42 Å². The Morgan fingerprint density at radius 1 is 1.03 bits per heavy atom. The molecule has 1 saturated heterocycles. The number of aromatic carboxylic acids is 1. The normalized spacial score (nSPS) is 18.1. The van der Waals surface area contributed by atoms with Crippen LogP contribution in [0.25, 0.3) is 11.1 Å². The minimum Gasteiger partial charge on any atom is -0.490 e. The molecule has 0 amide bonds. The van der Waals surface area contributed by atoms with E-state index < -0.39 is 5.97 Å². The predicted molar refractivity (Wildman–Crippen MR) is 132 cm³/mol. The quantitative estimate of drug-likeness (QED) is 0.531. The van der Waals surface area contributed by atoms with Crippen molar-refractivity contribution in [2.75, 3.05) is 20.1 Å². The maximum Gasteiger partial charge on any atom is 0.339 e. The van der Waals surface area contributed by atoms with Gasteiger partial charge in [-0.3, -0.25) is 0 Å². The largest absolute Gasteiger partial charge is 0.490 e. The molecule has 1 aliphatic carbocycles. The molecule has 7 nitrogen and oxygen atoms in total. The van der Waals surface area contributed by atoms with Gasteiger partial charge in [-0.05, 0) is 76.1 Å². The van der Waals surface area contributed by atoms with Crippen LogP contribution in [0.15, 0.2) is 24.3 Å². The number of hydrogen-bond donors (Lipinski definition) is 1. The van der Waals surface area contributed by atoms with Gasteiger partial charge in [0.1, 0.15) is 17.4 Å². The third-order valence-corrected chi connectivity index (χ3v) is 6.93. The number of aromatic nitrogens is 2. The highest BCUT2D eigenvalue weighted by atomic mass is 16.5. The second-order valence-electron chi connectivity index (χ2n) is 9.66. The van der Waals surface area contributed by atoms with Gasteiger partial charge < -0.3 is 19.5 Å². The Bertz CT molecular complexity index is 966. The molecule has 1 N–H and O–H groups in total. The van der Waals surface area contributed by atoms with Crippen LogP contribution >= 0.6 is 0 Å². The molecule has 1 saturated carbocycles. The van der Waals surface area contributed by atoms with E-state index in [-0.39, 0.29) is 17.8 Å². The number of piperidine rings is 1. The van der Waals surface area contributed by atoms with Crippen LogP contribution in [0, 0.1) is 0 Å². The number of rotatable bonds is 9. The molecule has 1 aromatic carbocycles. The van der Waals surface area contributed by atoms with E-state index in [2.05, 4.69) is 29.1 Å². The summed E-state index contributed by atoms with van der Waals surface area (Å²) in [6.07, 6.45) is 10.4. The molecule has 0 radical (unpaired) electrons. The Balaban J connectivity index is 1.61. The first-order valence-corrected chi connectivity index (χ1v) is 12.8. The van der Waals surface area contributed by atoms with Crippen molar-refractivity contribution in [2.45, 2.75) is 83.3 Å². The molecule has 2 aliphatic rings. The van der Waals surface area contributed by atoms with Gasteiger partial charge in [0.15, 0.2) is 0 Å². The molecule has 7 heteroatoms. The molecule has 4 rings (SSSR count). The lowest BCUT2D eigenvalue weighted by Crippen LogP contribution is -2.35. The van der Waals surface area contributed by atoms with E-state index in [0.717, 1.165) is 87.7 Å². The Morgan fingerprint density at radius 2 is 1.76 bits per heavy atom. The third-order valence-electron chi connectivity index (χ3n) is 6.93. The third kappa shape index (κ3) is 6.26. The molecular weight excluding hydrogens is 430 g/mol. The molecule has 2 heterocycles. The highest BCUT2D eigenvalue weighted by Gasteiger charge is 2.22. The Morgan fingerprint density at radius 3 is 2.47 bits per heavy atom. The summed E-state index contributed by atoms with van der Waals surface area (Å²) in [6.45, 7) is 4.15. The van der Waals surface area contributed by atoms with E-state index in [1.165, 1.54) is 6.42 Å². The average molecular weight is 468 g/mol. The lowest BCUT2D eigenvalue weighted by Gasteiger charge is -2.29. The van der Waals surface area contributed by atoms with Gasteiger partial charge in [0.25, 0.3) is 0 Å². The maximum absolute atomic E-state index is 12.1. The summed E-state index contributed by atoms with van der Waals surface area (Å²) >= 11 is 0. The molecule has 34 heavy (non-hydrogen) atoms. The van der Waals surface area contributed by atoms with Crippen molar-refractivity contribution in [3.8, 4) is 22.8 Å². The van der Waals surface area contributed by atoms with Crippen molar-refractivity contribution < 1.29 is 19.4 Å². The van der Waals surface area contributed by atoms with E-state index in [1.54, 1.807) is 12.1 Å². The molecule has 2 fully saturated rings. The van der Waals surface area contributed by atoms with Gasteiger partial charge >= 0.3 is 5.97 Å². The van der Waals surface area contributed by atoms with E-state index in [4.69, 9.17) is 9.47 Å². The standard InChI is InChI=1S/C27H37N3O4/c1-3-4-10-24-22(18-26(29-28-24)34-21-13-15-30(2)16-14-21)19-11-12-25(23(17-19)27(31)32)33-20-8-6-5-7-9-20/h11-12,17-18,20-21H,3-10,13-16H2,1-2H3,(H,31,32). The minimum absolute atomic E-state index is 0.0925. The van der Waals surface area contributed by atoms with Crippen molar-refractivity contribution in [1.29, 1.82) is 0 Å². The van der Waals surface area contributed by atoms with Gasteiger partial charge in [-0.2, -0.15) is 5.10 Å². The number of unbranched alkanes of at least 4 members (excludes halogenated alkanes) is 1. The number of benzene rings is 1. The van der Waals surface area contributed by atoms with Crippen molar-refractivity contribution >= 4 is 5.97 Å². The van der Waals surface area contributed by atoms with Gasteiger partial charge in [-0.1, -0.05) is 25.8 Å². The number of carboxylic acids is 1. The van der Waals surface area contributed by atoms with Crippen molar-refractivity contribution in [1.82, 2.24) is 15.1 Å². The summed E-state index contributed by atoms with van der Waals surface area (Å²) in [5.74, 6) is -0.0279. The number of aryl methyl sites for hydroxylation is 1. The number of carboxylic acid groups (broad SMARTS) is 1. The fraction of sp³-hybridized carbons (Fsp3) is 0.593. The zero-order valence-electron chi connectivity index (χ0n) is 20.5. The zero-order valence-corrected chi connectivity index (χ0v) is 20.5. The molecule has 0 unspecified atom stereocenters. The molecule has 2 aromatic rings. The Labute approximate surface area is 202 Å². The van der Waals surface area contributed by atoms with Crippen LogP contribution in [0.4, 0.5) is 0 Å². The van der Waals surface area contributed by atoms with Gasteiger partial charge in [-0.25, -0.2) is 4.79 Å². The summed E-state index contributed by atoms with van der Waals surface area (Å²) in [5.41, 5.74) is 2.76. The topological polar surface area (TPSA) is 84.8 Å². The summed E-state index contributed by atoms with van der Waals surface area (Å²) < 4.78 is 12.3. The van der Waals surface area contributed by atoms with Crippen LogP contribution in [0.5, 0.6) is 11.6 Å². The second-order valence-corrected chi connectivity index (χ2v) is 9.66. The van der Waals surface area contributed by atoms with Gasteiger partial charge in [0.05, 0.1) is 11.8 Å².